The van der Waals surface area contributed by atoms with Crippen molar-refractivity contribution in [3.05, 3.63) is 100 Å². The standard InChI is InChI=1S/C23H15N3O2/c27-22-18-10-3-1-8-16(18)20(25-22)12-14-6-5-7-15(24-14)13-21-17-9-2-4-11-19(17)23(28)26-21/h1-13H,(H,25,27)(H,26,28)/b20-12-,21-13-. The summed E-state index contributed by atoms with van der Waals surface area (Å²) in [5.41, 5.74) is 5.98. The molecule has 0 radical (unpaired) electrons. The van der Waals surface area contributed by atoms with E-state index in [9.17, 15) is 9.59 Å². The maximum Gasteiger partial charge on any atom is 0.256 e. The zero-order valence-electron chi connectivity index (χ0n) is 14.8. The number of amides is 2. The fourth-order valence-electron chi connectivity index (χ4n) is 3.50. The van der Waals surface area contributed by atoms with E-state index in [-0.39, 0.29) is 11.8 Å². The molecule has 0 bridgehead atoms. The SMILES string of the molecule is O=C1N/C(=C\c2cccc(/C=C3\NC(=O)c4ccccc43)n2)c2ccccc21. The first-order valence-electron chi connectivity index (χ1n) is 8.91. The third kappa shape index (κ3) is 2.70. The number of hydrogen-bond acceptors (Lipinski definition) is 3. The Hall–Kier alpha value is -3.99. The first kappa shape index (κ1) is 16.2. The topological polar surface area (TPSA) is 71.1 Å². The quantitative estimate of drug-likeness (QED) is 0.729. The van der Waals surface area contributed by atoms with Gasteiger partial charge in [0.25, 0.3) is 11.8 Å². The smallest absolute Gasteiger partial charge is 0.256 e. The van der Waals surface area contributed by atoms with Crippen molar-refractivity contribution in [2.75, 3.05) is 0 Å². The van der Waals surface area contributed by atoms with E-state index < -0.39 is 0 Å². The molecule has 5 heteroatoms. The van der Waals surface area contributed by atoms with Crippen LogP contribution in [0.25, 0.3) is 23.5 Å². The highest BCUT2D eigenvalue weighted by molar-refractivity contribution is 6.12. The Labute approximate surface area is 161 Å². The van der Waals surface area contributed by atoms with Crippen LogP contribution in [0.1, 0.15) is 43.2 Å². The Kier molecular flexibility index (Phi) is 3.66. The predicted molar refractivity (Wildman–Crippen MR) is 108 cm³/mol. The first-order valence-corrected chi connectivity index (χ1v) is 8.91. The molecule has 134 valence electrons. The molecule has 0 aliphatic carbocycles. The van der Waals surface area contributed by atoms with E-state index in [1.54, 1.807) is 12.1 Å². The second-order valence-electron chi connectivity index (χ2n) is 6.60. The molecule has 2 N–H and O–H groups in total. The van der Waals surface area contributed by atoms with Gasteiger partial charge in [0, 0.05) is 22.3 Å². The summed E-state index contributed by atoms with van der Waals surface area (Å²) in [6, 6.07) is 20.6. The number of hydrogen-bond donors (Lipinski definition) is 2. The molecule has 2 amide bonds. The van der Waals surface area contributed by atoms with Crippen molar-refractivity contribution in [3.63, 3.8) is 0 Å². The van der Waals surface area contributed by atoms with Gasteiger partial charge in [0.2, 0.25) is 0 Å². The van der Waals surface area contributed by atoms with E-state index in [1.165, 1.54) is 0 Å². The molecule has 5 rings (SSSR count). The molecule has 0 fully saturated rings. The maximum absolute atomic E-state index is 12.1. The van der Waals surface area contributed by atoms with Gasteiger partial charge in [-0.15, -0.1) is 0 Å². The Morgan fingerprint density at radius 1 is 0.571 bits per heavy atom. The average molecular weight is 365 g/mol. The Bertz CT molecular complexity index is 1120. The Morgan fingerprint density at radius 2 is 1.00 bits per heavy atom. The van der Waals surface area contributed by atoms with Gasteiger partial charge in [0.05, 0.1) is 22.8 Å². The van der Waals surface area contributed by atoms with Gasteiger partial charge in [-0.2, -0.15) is 0 Å². The maximum atomic E-state index is 12.1. The molecule has 2 aliphatic heterocycles. The second-order valence-corrected chi connectivity index (χ2v) is 6.60. The number of fused-ring (bicyclic) bond motifs is 2. The van der Waals surface area contributed by atoms with Gasteiger partial charge in [0.1, 0.15) is 0 Å². The van der Waals surface area contributed by atoms with Crippen LogP contribution in [0.5, 0.6) is 0 Å². The highest BCUT2D eigenvalue weighted by atomic mass is 16.2. The van der Waals surface area contributed by atoms with E-state index in [0.29, 0.717) is 11.1 Å². The molecule has 0 saturated carbocycles. The molecule has 0 spiro atoms. The number of nitrogens with one attached hydrogen (secondary N) is 2. The highest BCUT2D eigenvalue weighted by Gasteiger charge is 2.24. The zero-order valence-corrected chi connectivity index (χ0v) is 14.8. The normalized spacial score (nSPS) is 17.4. The number of rotatable bonds is 2. The monoisotopic (exact) mass is 365 g/mol. The molecule has 3 aromatic rings. The summed E-state index contributed by atoms with van der Waals surface area (Å²) in [4.78, 5) is 28.8. The van der Waals surface area contributed by atoms with Crippen molar-refractivity contribution in [1.82, 2.24) is 15.6 Å². The fourth-order valence-corrected chi connectivity index (χ4v) is 3.50. The lowest BCUT2D eigenvalue weighted by molar-refractivity contribution is 0.0972. The van der Waals surface area contributed by atoms with Crippen LogP contribution in [0, 0.1) is 0 Å². The lowest BCUT2D eigenvalue weighted by Gasteiger charge is -2.03. The van der Waals surface area contributed by atoms with Crippen molar-refractivity contribution in [2.45, 2.75) is 0 Å². The van der Waals surface area contributed by atoms with E-state index in [0.717, 1.165) is 33.9 Å². The summed E-state index contributed by atoms with van der Waals surface area (Å²) >= 11 is 0. The molecular weight excluding hydrogens is 350 g/mol. The lowest BCUT2D eigenvalue weighted by atomic mass is 10.1. The molecular formula is C23H15N3O2. The number of carbonyl (C=O) groups excluding carboxylic acids is 2. The molecule has 28 heavy (non-hydrogen) atoms. The number of pyridine rings is 1. The van der Waals surface area contributed by atoms with Crippen LogP contribution in [-0.4, -0.2) is 16.8 Å². The van der Waals surface area contributed by atoms with E-state index in [4.69, 9.17) is 0 Å². The van der Waals surface area contributed by atoms with Gasteiger partial charge in [0.15, 0.2) is 0 Å². The lowest BCUT2D eigenvalue weighted by Crippen LogP contribution is -2.12. The largest absolute Gasteiger partial charge is 0.321 e. The van der Waals surface area contributed by atoms with Crippen LogP contribution >= 0.6 is 0 Å². The zero-order chi connectivity index (χ0) is 19.1. The van der Waals surface area contributed by atoms with Crippen molar-refractivity contribution in [3.8, 4) is 0 Å². The first-order chi connectivity index (χ1) is 13.7. The number of nitrogens with zero attached hydrogens (tertiary/aromatic N) is 1. The van der Waals surface area contributed by atoms with Crippen molar-refractivity contribution >= 4 is 35.4 Å². The van der Waals surface area contributed by atoms with Crippen molar-refractivity contribution in [2.24, 2.45) is 0 Å². The third-order valence-electron chi connectivity index (χ3n) is 4.80. The number of carbonyl (C=O) groups is 2. The van der Waals surface area contributed by atoms with E-state index >= 15 is 0 Å². The van der Waals surface area contributed by atoms with Crippen LogP contribution in [-0.2, 0) is 0 Å². The summed E-state index contributed by atoms with van der Waals surface area (Å²) in [5.74, 6) is -0.212. The fraction of sp³-hybridized carbons (Fsp3) is 0. The average Bonchev–Trinajstić information content (AvgIpc) is 3.20. The molecule has 0 unspecified atom stereocenters. The van der Waals surface area contributed by atoms with Gasteiger partial charge in [-0.25, -0.2) is 4.98 Å². The molecule has 0 saturated heterocycles. The van der Waals surface area contributed by atoms with Gasteiger partial charge in [-0.1, -0.05) is 42.5 Å². The second kappa shape index (κ2) is 6.32. The van der Waals surface area contributed by atoms with Crippen molar-refractivity contribution in [1.29, 1.82) is 0 Å². The minimum Gasteiger partial charge on any atom is -0.321 e. The summed E-state index contributed by atoms with van der Waals surface area (Å²) in [5, 5.41) is 5.78. The molecule has 5 nitrogen and oxygen atoms in total. The van der Waals surface area contributed by atoms with Gasteiger partial charge < -0.3 is 10.6 Å². The van der Waals surface area contributed by atoms with E-state index in [1.807, 2.05) is 66.7 Å². The minimum absolute atomic E-state index is 0.106. The minimum atomic E-state index is -0.106. The molecule has 0 atom stereocenters. The summed E-state index contributed by atoms with van der Waals surface area (Å²) in [6.45, 7) is 0. The summed E-state index contributed by atoms with van der Waals surface area (Å²) in [6.07, 6.45) is 3.71. The highest BCUT2D eigenvalue weighted by Crippen LogP contribution is 2.27. The summed E-state index contributed by atoms with van der Waals surface area (Å²) < 4.78 is 0. The Balaban J connectivity index is 1.51. The molecule has 3 heterocycles. The molecule has 2 aliphatic rings. The third-order valence-corrected chi connectivity index (χ3v) is 4.80. The van der Waals surface area contributed by atoms with Gasteiger partial charge >= 0.3 is 0 Å². The van der Waals surface area contributed by atoms with Crippen LogP contribution in [0.4, 0.5) is 0 Å². The van der Waals surface area contributed by atoms with Crippen LogP contribution in [0.15, 0.2) is 66.7 Å². The summed E-state index contributed by atoms with van der Waals surface area (Å²) in [7, 11) is 0. The molecule has 2 aromatic carbocycles. The van der Waals surface area contributed by atoms with Crippen molar-refractivity contribution < 1.29 is 9.59 Å². The van der Waals surface area contributed by atoms with Crippen LogP contribution in [0.2, 0.25) is 0 Å². The number of benzene rings is 2. The van der Waals surface area contributed by atoms with Crippen LogP contribution in [0.3, 0.4) is 0 Å². The molecule has 1 aromatic heterocycles. The van der Waals surface area contributed by atoms with Gasteiger partial charge in [-0.3, -0.25) is 9.59 Å². The van der Waals surface area contributed by atoms with E-state index in [2.05, 4.69) is 15.6 Å². The predicted octanol–water partition coefficient (Wildman–Crippen LogP) is 3.56. The Morgan fingerprint density at radius 3 is 1.46 bits per heavy atom. The van der Waals surface area contributed by atoms with Gasteiger partial charge in [-0.05, 0) is 36.4 Å². The number of aromatic nitrogens is 1. The van der Waals surface area contributed by atoms with Crippen LogP contribution < -0.4 is 10.6 Å².